The Morgan fingerprint density at radius 1 is 1.28 bits per heavy atom. The fourth-order valence-electron chi connectivity index (χ4n) is 2.60. The molecule has 1 N–H and O–H groups in total. The van der Waals surface area contributed by atoms with Crippen LogP contribution in [0.4, 0.5) is 8.78 Å². The lowest BCUT2D eigenvalue weighted by atomic mass is 10.1. The lowest BCUT2D eigenvalue weighted by Gasteiger charge is -2.19. The van der Waals surface area contributed by atoms with E-state index in [1.807, 2.05) is 24.3 Å². The fourth-order valence-corrected chi connectivity index (χ4v) is 2.60. The van der Waals surface area contributed by atoms with E-state index in [2.05, 4.69) is 5.32 Å². The maximum atomic E-state index is 13.1. The van der Waals surface area contributed by atoms with Gasteiger partial charge in [0, 0.05) is 19.5 Å². The topological polar surface area (TPSA) is 32.3 Å². The minimum absolute atomic E-state index is 0.219. The van der Waals surface area contributed by atoms with Crippen LogP contribution in [0, 0.1) is 0 Å². The Balaban J connectivity index is 1.70. The number of alkyl halides is 2. The summed E-state index contributed by atoms with van der Waals surface area (Å²) in [5, 5.41) is 2.61. The molecule has 1 unspecified atom stereocenters. The Hall–Kier alpha value is -1.49. The number of amides is 1. The predicted molar refractivity (Wildman–Crippen MR) is 62.1 cm³/mol. The van der Waals surface area contributed by atoms with Gasteiger partial charge in [0.05, 0.1) is 12.6 Å². The summed E-state index contributed by atoms with van der Waals surface area (Å²) in [6.45, 7) is 0.654. The summed E-state index contributed by atoms with van der Waals surface area (Å²) in [5.41, 5.74) is 2.21. The molecule has 3 rings (SSSR count). The third kappa shape index (κ3) is 1.99. The van der Waals surface area contributed by atoms with Crippen LogP contribution in [0.3, 0.4) is 0 Å². The third-order valence-electron chi connectivity index (χ3n) is 3.56. The molecule has 0 bridgehead atoms. The number of carbonyl (C=O) groups is 1. The SMILES string of the molecule is O=C(C1CC(F)(F)CN1)N1Cc2ccccc2C1. The van der Waals surface area contributed by atoms with E-state index in [4.69, 9.17) is 0 Å². The highest BCUT2D eigenvalue weighted by molar-refractivity contribution is 5.83. The molecule has 0 saturated carbocycles. The normalized spacial score (nSPS) is 25.2. The van der Waals surface area contributed by atoms with Crippen LogP contribution in [0.15, 0.2) is 24.3 Å². The minimum atomic E-state index is -2.76. The van der Waals surface area contributed by atoms with E-state index in [9.17, 15) is 13.6 Å². The molecule has 1 amide bonds. The Labute approximate surface area is 104 Å². The summed E-state index contributed by atoms with van der Waals surface area (Å²) in [7, 11) is 0. The van der Waals surface area contributed by atoms with Crippen molar-refractivity contribution in [2.24, 2.45) is 0 Å². The first-order chi connectivity index (χ1) is 8.55. The average Bonchev–Trinajstić information content (AvgIpc) is 2.91. The summed E-state index contributed by atoms with van der Waals surface area (Å²) in [6.07, 6.45) is -0.390. The number of hydrogen-bond donors (Lipinski definition) is 1. The van der Waals surface area contributed by atoms with Gasteiger partial charge in [-0.05, 0) is 11.1 Å². The Bertz CT molecular complexity index is 465. The van der Waals surface area contributed by atoms with Crippen molar-refractivity contribution in [3.05, 3.63) is 35.4 Å². The second-order valence-corrected chi connectivity index (χ2v) is 4.96. The molecule has 96 valence electrons. The number of hydrogen-bond acceptors (Lipinski definition) is 2. The molecule has 0 radical (unpaired) electrons. The maximum absolute atomic E-state index is 13.1. The summed E-state index contributed by atoms with van der Waals surface area (Å²) in [6, 6.07) is 7.05. The molecule has 0 spiro atoms. The molecule has 3 nitrogen and oxygen atoms in total. The molecule has 1 fully saturated rings. The van der Waals surface area contributed by atoms with Crippen LogP contribution in [0.2, 0.25) is 0 Å². The molecule has 2 heterocycles. The predicted octanol–water partition coefficient (Wildman–Crippen LogP) is 1.53. The molecular weight excluding hydrogens is 238 g/mol. The van der Waals surface area contributed by atoms with Crippen molar-refractivity contribution in [3.8, 4) is 0 Å². The second-order valence-electron chi connectivity index (χ2n) is 4.96. The first-order valence-corrected chi connectivity index (χ1v) is 6.02. The van der Waals surface area contributed by atoms with Gasteiger partial charge in [0.15, 0.2) is 0 Å². The van der Waals surface area contributed by atoms with E-state index in [1.165, 1.54) is 0 Å². The maximum Gasteiger partial charge on any atom is 0.262 e. The number of halogens is 2. The number of nitrogens with one attached hydrogen (secondary N) is 1. The van der Waals surface area contributed by atoms with Crippen LogP contribution in [-0.2, 0) is 17.9 Å². The molecule has 0 aromatic heterocycles. The smallest absolute Gasteiger partial charge is 0.262 e. The molecule has 2 aliphatic rings. The fraction of sp³-hybridized carbons (Fsp3) is 0.462. The molecule has 18 heavy (non-hydrogen) atoms. The van der Waals surface area contributed by atoms with E-state index in [0.717, 1.165) is 11.1 Å². The number of nitrogens with zero attached hydrogens (tertiary/aromatic N) is 1. The van der Waals surface area contributed by atoms with Gasteiger partial charge in [-0.15, -0.1) is 0 Å². The van der Waals surface area contributed by atoms with Gasteiger partial charge in [0.2, 0.25) is 5.91 Å². The van der Waals surface area contributed by atoms with Gasteiger partial charge in [0.25, 0.3) is 5.92 Å². The third-order valence-corrected chi connectivity index (χ3v) is 3.56. The number of fused-ring (bicyclic) bond motifs is 1. The number of rotatable bonds is 1. The molecule has 5 heteroatoms. The van der Waals surface area contributed by atoms with Crippen molar-refractivity contribution >= 4 is 5.91 Å². The van der Waals surface area contributed by atoms with Crippen molar-refractivity contribution in [2.75, 3.05) is 6.54 Å². The largest absolute Gasteiger partial charge is 0.333 e. The number of carbonyl (C=O) groups excluding carboxylic acids is 1. The van der Waals surface area contributed by atoms with Gasteiger partial charge in [-0.1, -0.05) is 24.3 Å². The standard InChI is InChI=1S/C13H14F2N2O/c14-13(15)5-11(16-8-13)12(18)17-6-9-3-1-2-4-10(9)7-17/h1-4,11,16H,5-8H2. The average molecular weight is 252 g/mol. The summed E-state index contributed by atoms with van der Waals surface area (Å²) < 4.78 is 26.1. The Morgan fingerprint density at radius 3 is 2.39 bits per heavy atom. The first kappa shape index (κ1) is 11.6. The highest BCUT2D eigenvalue weighted by atomic mass is 19.3. The van der Waals surface area contributed by atoms with Crippen LogP contribution in [0.1, 0.15) is 17.5 Å². The van der Waals surface area contributed by atoms with Crippen LogP contribution >= 0.6 is 0 Å². The van der Waals surface area contributed by atoms with Gasteiger partial charge in [-0.25, -0.2) is 8.78 Å². The first-order valence-electron chi connectivity index (χ1n) is 6.02. The van der Waals surface area contributed by atoms with Crippen molar-refractivity contribution < 1.29 is 13.6 Å². The highest BCUT2D eigenvalue weighted by Crippen LogP contribution is 2.29. The zero-order chi connectivity index (χ0) is 12.8. The van der Waals surface area contributed by atoms with Gasteiger partial charge >= 0.3 is 0 Å². The van der Waals surface area contributed by atoms with Gasteiger partial charge in [-0.3, -0.25) is 10.1 Å². The second kappa shape index (κ2) is 4.02. The van der Waals surface area contributed by atoms with Crippen molar-refractivity contribution in [2.45, 2.75) is 31.5 Å². The molecule has 1 atom stereocenters. The van der Waals surface area contributed by atoms with Crippen LogP contribution < -0.4 is 5.32 Å². The zero-order valence-electron chi connectivity index (χ0n) is 9.83. The van der Waals surface area contributed by atoms with Crippen LogP contribution in [0.5, 0.6) is 0 Å². The Morgan fingerprint density at radius 2 is 1.89 bits per heavy atom. The van der Waals surface area contributed by atoms with E-state index in [0.29, 0.717) is 13.1 Å². The Kier molecular flexibility index (Phi) is 2.59. The molecular formula is C13H14F2N2O. The lowest BCUT2D eigenvalue weighted by molar-refractivity contribution is -0.134. The highest BCUT2D eigenvalue weighted by Gasteiger charge is 2.44. The van der Waals surface area contributed by atoms with Gasteiger partial charge in [0.1, 0.15) is 0 Å². The van der Waals surface area contributed by atoms with E-state index < -0.39 is 24.9 Å². The number of benzene rings is 1. The van der Waals surface area contributed by atoms with Crippen molar-refractivity contribution in [3.63, 3.8) is 0 Å². The summed E-state index contributed by atoms with van der Waals surface area (Å²) in [5.74, 6) is -2.98. The molecule has 0 aliphatic carbocycles. The summed E-state index contributed by atoms with van der Waals surface area (Å²) in [4.78, 5) is 13.8. The zero-order valence-corrected chi connectivity index (χ0v) is 9.83. The quantitative estimate of drug-likeness (QED) is 0.822. The van der Waals surface area contributed by atoms with Crippen LogP contribution in [0.25, 0.3) is 0 Å². The molecule has 2 aliphatic heterocycles. The lowest BCUT2D eigenvalue weighted by Crippen LogP contribution is -2.40. The minimum Gasteiger partial charge on any atom is -0.333 e. The van der Waals surface area contributed by atoms with Gasteiger partial charge in [-0.2, -0.15) is 0 Å². The van der Waals surface area contributed by atoms with Crippen LogP contribution in [-0.4, -0.2) is 29.3 Å². The molecule has 1 aromatic carbocycles. The van der Waals surface area contributed by atoms with Crippen molar-refractivity contribution in [1.82, 2.24) is 10.2 Å². The molecule has 1 aromatic rings. The van der Waals surface area contributed by atoms with Crippen molar-refractivity contribution in [1.29, 1.82) is 0 Å². The van der Waals surface area contributed by atoms with Gasteiger partial charge < -0.3 is 4.90 Å². The van der Waals surface area contributed by atoms with E-state index >= 15 is 0 Å². The van der Waals surface area contributed by atoms with E-state index in [-0.39, 0.29) is 5.91 Å². The monoisotopic (exact) mass is 252 g/mol. The summed E-state index contributed by atoms with van der Waals surface area (Å²) >= 11 is 0. The van der Waals surface area contributed by atoms with E-state index in [1.54, 1.807) is 4.90 Å². The molecule has 1 saturated heterocycles.